The third kappa shape index (κ3) is 3.71. The lowest BCUT2D eigenvalue weighted by molar-refractivity contribution is 0.188. The fourth-order valence-corrected chi connectivity index (χ4v) is 3.97. The first kappa shape index (κ1) is 18.4. The van der Waals surface area contributed by atoms with E-state index >= 15 is 0 Å². The van der Waals surface area contributed by atoms with Gasteiger partial charge in [-0.15, -0.1) is 0 Å². The Morgan fingerprint density at radius 2 is 1.59 bits per heavy atom. The minimum absolute atomic E-state index is 0.214. The van der Waals surface area contributed by atoms with Crippen LogP contribution in [0, 0.1) is 0 Å². The van der Waals surface area contributed by atoms with Crippen LogP contribution in [0.4, 0.5) is 11.8 Å². The van der Waals surface area contributed by atoms with Crippen molar-refractivity contribution in [2.75, 3.05) is 81.9 Å². The van der Waals surface area contributed by atoms with Crippen molar-refractivity contribution in [2.45, 2.75) is 6.92 Å². The van der Waals surface area contributed by atoms with E-state index in [9.17, 15) is 0 Å². The number of aromatic nitrogens is 4. The predicted octanol–water partition coefficient (Wildman–Crippen LogP) is -0.380. The Bertz CT molecular complexity index is 762. The molecule has 0 spiro atoms. The van der Waals surface area contributed by atoms with E-state index in [-0.39, 0.29) is 6.61 Å². The zero-order valence-corrected chi connectivity index (χ0v) is 16.4. The van der Waals surface area contributed by atoms with Crippen LogP contribution in [0.3, 0.4) is 0 Å². The highest BCUT2D eigenvalue weighted by atomic mass is 16.3. The van der Waals surface area contributed by atoms with Gasteiger partial charge in [0.2, 0.25) is 5.95 Å². The smallest absolute Gasteiger partial charge is 0.229 e. The second kappa shape index (κ2) is 7.95. The summed E-state index contributed by atoms with van der Waals surface area (Å²) in [6, 6.07) is 0. The van der Waals surface area contributed by atoms with E-state index in [0.717, 1.165) is 88.2 Å². The predicted molar refractivity (Wildman–Crippen MR) is 106 cm³/mol. The molecule has 2 aromatic heterocycles. The second-order valence-corrected chi connectivity index (χ2v) is 7.33. The molecule has 27 heavy (non-hydrogen) atoms. The number of rotatable bonds is 5. The molecule has 0 aromatic carbocycles. The van der Waals surface area contributed by atoms with Crippen molar-refractivity contribution in [2.24, 2.45) is 7.05 Å². The molecule has 0 atom stereocenters. The van der Waals surface area contributed by atoms with Crippen LogP contribution in [-0.2, 0) is 7.05 Å². The van der Waals surface area contributed by atoms with E-state index in [1.165, 1.54) is 0 Å². The first-order valence-electron chi connectivity index (χ1n) is 9.94. The largest absolute Gasteiger partial charge is 0.395 e. The normalized spacial score (nSPS) is 20.0. The molecule has 2 aliphatic rings. The number of nitrogens with zero attached hydrogens (tertiary/aromatic N) is 8. The molecule has 9 heteroatoms. The summed E-state index contributed by atoms with van der Waals surface area (Å²) in [5.41, 5.74) is 0.894. The van der Waals surface area contributed by atoms with Crippen LogP contribution in [0.1, 0.15) is 6.92 Å². The van der Waals surface area contributed by atoms with Crippen LogP contribution < -0.4 is 9.80 Å². The molecular formula is C18H30N8O. The van der Waals surface area contributed by atoms with Gasteiger partial charge in [-0.05, 0) is 6.54 Å². The maximum atomic E-state index is 9.15. The van der Waals surface area contributed by atoms with Gasteiger partial charge >= 0.3 is 0 Å². The molecule has 0 aliphatic carbocycles. The summed E-state index contributed by atoms with van der Waals surface area (Å²) in [7, 11) is 1.94. The number of anilines is 2. The summed E-state index contributed by atoms with van der Waals surface area (Å²) in [4.78, 5) is 19.2. The van der Waals surface area contributed by atoms with Gasteiger partial charge in [0.1, 0.15) is 5.82 Å². The average molecular weight is 374 g/mol. The van der Waals surface area contributed by atoms with Gasteiger partial charge in [0.15, 0.2) is 5.65 Å². The van der Waals surface area contributed by atoms with Crippen molar-refractivity contribution < 1.29 is 5.11 Å². The average Bonchev–Trinajstić information content (AvgIpc) is 3.09. The van der Waals surface area contributed by atoms with Crippen LogP contribution >= 0.6 is 0 Å². The molecule has 9 nitrogen and oxygen atoms in total. The number of β-amino-alcohol motifs (C(OH)–C–C–N with tert-alkyl or cyclic N) is 1. The summed E-state index contributed by atoms with van der Waals surface area (Å²) in [6.45, 7) is 12.0. The fraction of sp³-hybridized carbons (Fsp3) is 0.722. The Balaban J connectivity index is 1.60. The molecule has 0 saturated carbocycles. The Morgan fingerprint density at radius 1 is 0.926 bits per heavy atom. The second-order valence-electron chi connectivity index (χ2n) is 7.33. The maximum Gasteiger partial charge on any atom is 0.229 e. The van der Waals surface area contributed by atoms with Crippen LogP contribution in [0.15, 0.2) is 6.20 Å². The molecule has 0 radical (unpaired) electrons. The van der Waals surface area contributed by atoms with Crippen LogP contribution in [0.2, 0.25) is 0 Å². The molecule has 2 aliphatic heterocycles. The summed E-state index contributed by atoms with van der Waals surface area (Å²) in [6.07, 6.45) is 1.89. The monoisotopic (exact) mass is 374 g/mol. The maximum absolute atomic E-state index is 9.15. The molecule has 0 bridgehead atoms. The van der Waals surface area contributed by atoms with Crippen molar-refractivity contribution in [3.63, 3.8) is 0 Å². The van der Waals surface area contributed by atoms with Gasteiger partial charge in [-0.1, -0.05) is 6.92 Å². The van der Waals surface area contributed by atoms with E-state index in [1.54, 1.807) is 0 Å². The lowest BCUT2D eigenvalue weighted by atomic mass is 10.2. The van der Waals surface area contributed by atoms with Crippen molar-refractivity contribution >= 4 is 22.8 Å². The standard InChI is InChI=1S/C18H30N8O/c1-3-23-4-8-25(9-5-23)17-15-14-19-22(2)16(15)20-18(21-17)26-10-6-24(7-11-26)12-13-27/h14,27H,3-13H2,1-2H3. The van der Waals surface area contributed by atoms with Gasteiger partial charge in [-0.25, -0.2) is 0 Å². The number of hydrogen-bond acceptors (Lipinski definition) is 8. The Morgan fingerprint density at radius 3 is 2.26 bits per heavy atom. The summed E-state index contributed by atoms with van der Waals surface area (Å²) >= 11 is 0. The van der Waals surface area contributed by atoms with E-state index in [0.29, 0.717) is 0 Å². The van der Waals surface area contributed by atoms with Crippen molar-refractivity contribution in [3.05, 3.63) is 6.20 Å². The van der Waals surface area contributed by atoms with Crippen molar-refractivity contribution in [3.8, 4) is 0 Å². The Labute approximate surface area is 160 Å². The third-order valence-corrected chi connectivity index (χ3v) is 5.75. The summed E-state index contributed by atoms with van der Waals surface area (Å²) < 4.78 is 1.84. The third-order valence-electron chi connectivity index (χ3n) is 5.75. The zero-order valence-electron chi connectivity index (χ0n) is 16.4. The SMILES string of the molecule is CCN1CCN(c2nc(N3CCN(CCO)CC3)nc3c2cnn3C)CC1. The first-order valence-corrected chi connectivity index (χ1v) is 9.94. The number of piperazine rings is 2. The quantitative estimate of drug-likeness (QED) is 0.759. The lowest BCUT2D eigenvalue weighted by Gasteiger charge is -2.36. The molecule has 2 aromatic rings. The van der Waals surface area contributed by atoms with Gasteiger partial charge in [-0.2, -0.15) is 15.1 Å². The fourth-order valence-electron chi connectivity index (χ4n) is 3.97. The molecule has 0 unspecified atom stereocenters. The van der Waals surface area contributed by atoms with E-state index < -0.39 is 0 Å². The molecule has 2 fully saturated rings. The molecular weight excluding hydrogens is 344 g/mol. The molecule has 4 heterocycles. The molecule has 148 valence electrons. The molecule has 1 N–H and O–H groups in total. The highest BCUT2D eigenvalue weighted by Gasteiger charge is 2.24. The minimum Gasteiger partial charge on any atom is -0.395 e. The molecule has 0 amide bonds. The first-order chi connectivity index (χ1) is 13.2. The zero-order chi connectivity index (χ0) is 18.8. The number of hydrogen-bond donors (Lipinski definition) is 1. The topological polar surface area (TPSA) is 76.8 Å². The van der Waals surface area contributed by atoms with Gasteiger partial charge < -0.3 is 19.8 Å². The lowest BCUT2D eigenvalue weighted by Crippen LogP contribution is -2.48. The Hall–Kier alpha value is -1.97. The van der Waals surface area contributed by atoms with Gasteiger partial charge in [0, 0.05) is 66.0 Å². The van der Waals surface area contributed by atoms with E-state index in [1.807, 2.05) is 17.9 Å². The van der Waals surface area contributed by atoms with Crippen LogP contribution in [0.25, 0.3) is 11.0 Å². The summed E-state index contributed by atoms with van der Waals surface area (Å²) in [5, 5.41) is 14.6. The number of aryl methyl sites for hydroxylation is 1. The Kier molecular flexibility index (Phi) is 5.42. The van der Waals surface area contributed by atoms with Gasteiger partial charge in [-0.3, -0.25) is 9.58 Å². The van der Waals surface area contributed by atoms with E-state index in [2.05, 4.69) is 31.6 Å². The molecule has 4 rings (SSSR count). The van der Waals surface area contributed by atoms with Crippen molar-refractivity contribution in [1.29, 1.82) is 0 Å². The van der Waals surface area contributed by atoms with Crippen LogP contribution in [0.5, 0.6) is 0 Å². The van der Waals surface area contributed by atoms with Gasteiger partial charge in [0.25, 0.3) is 0 Å². The highest BCUT2D eigenvalue weighted by Crippen LogP contribution is 2.27. The van der Waals surface area contributed by atoms with Gasteiger partial charge in [0.05, 0.1) is 18.2 Å². The number of likely N-dealkylation sites (N-methyl/N-ethyl adjacent to an activating group) is 1. The number of fused-ring (bicyclic) bond motifs is 1. The number of aliphatic hydroxyl groups is 1. The van der Waals surface area contributed by atoms with Crippen LogP contribution in [-0.4, -0.2) is 107 Å². The van der Waals surface area contributed by atoms with Crippen molar-refractivity contribution in [1.82, 2.24) is 29.5 Å². The number of aliphatic hydroxyl groups excluding tert-OH is 1. The van der Waals surface area contributed by atoms with E-state index in [4.69, 9.17) is 15.1 Å². The molecule has 2 saturated heterocycles. The highest BCUT2D eigenvalue weighted by molar-refractivity contribution is 5.88. The minimum atomic E-state index is 0.214. The summed E-state index contributed by atoms with van der Waals surface area (Å²) in [5.74, 6) is 1.80.